The molecule has 2 amide bonds. The van der Waals surface area contributed by atoms with Crippen LogP contribution in [0.25, 0.3) is 0 Å². The third-order valence-electron chi connectivity index (χ3n) is 3.63. The highest BCUT2D eigenvalue weighted by molar-refractivity contribution is 8.02. The molecule has 0 fully saturated rings. The van der Waals surface area contributed by atoms with Crippen molar-refractivity contribution in [3.63, 3.8) is 0 Å². The average molecular weight is 348 g/mol. The molecule has 1 aromatic rings. The molecule has 1 heterocycles. The summed E-state index contributed by atoms with van der Waals surface area (Å²) < 4.78 is 5.35. The molecule has 130 valence electrons. The van der Waals surface area contributed by atoms with E-state index in [2.05, 4.69) is 24.5 Å². The second-order valence-electron chi connectivity index (χ2n) is 6.12. The number of carbonyl (C=O) groups excluding carboxylic acids is 2. The summed E-state index contributed by atoms with van der Waals surface area (Å²) in [5, 5.41) is 7.45. The summed E-state index contributed by atoms with van der Waals surface area (Å²) in [7, 11) is 0. The average Bonchev–Trinajstić information content (AvgIpc) is 2.57. The van der Waals surface area contributed by atoms with Crippen LogP contribution in [0.15, 0.2) is 29.4 Å². The van der Waals surface area contributed by atoms with Gasteiger partial charge in [-0.25, -0.2) is 0 Å². The summed E-state index contributed by atoms with van der Waals surface area (Å²) in [5.41, 5.74) is 2.05. The molecule has 5 nitrogen and oxygen atoms in total. The van der Waals surface area contributed by atoms with Crippen molar-refractivity contribution >= 4 is 29.3 Å². The van der Waals surface area contributed by atoms with Crippen LogP contribution in [0, 0.1) is 12.8 Å². The van der Waals surface area contributed by atoms with Gasteiger partial charge in [0.15, 0.2) is 5.76 Å². The van der Waals surface area contributed by atoms with Gasteiger partial charge in [-0.3, -0.25) is 9.59 Å². The van der Waals surface area contributed by atoms with E-state index in [0.717, 1.165) is 17.7 Å². The fourth-order valence-corrected chi connectivity index (χ4v) is 2.77. The van der Waals surface area contributed by atoms with Crippen LogP contribution in [-0.2, 0) is 9.53 Å². The molecule has 0 saturated heterocycles. The molecule has 1 aliphatic heterocycles. The Kier molecular flexibility index (Phi) is 6.73. The monoisotopic (exact) mass is 348 g/mol. The molecular weight excluding hydrogens is 324 g/mol. The zero-order valence-electron chi connectivity index (χ0n) is 14.3. The van der Waals surface area contributed by atoms with Gasteiger partial charge >= 0.3 is 0 Å². The predicted octanol–water partition coefficient (Wildman–Crippen LogP) is 3.31. The first-order valence-corrected chi connectivity index (χ1v) is 9.17. The smallest absolute Gasteiger partial charge is 0.291 e. The molecule has 6 heteroatoms. The van der Waals surface area contributed by atoms with E-state index in [4.69, 9.17) is 4.74 Å². The maximum atomic E-state index is 12.2. The van der Waals surface area contributed by atoms with E-state index in [1.807, 2.05) is 13.0 Å². The standard InChI is InChI=1S/C18H24N2O3S/c1-12(2)6-7-19-17(21)14-5-4-13(3)15(10-14)20-18(22)16-11-24-9-8-23-16/h4-5,10-12H,6-9H2,1-3H3,(H,19,21)(H,20,22). The van der Waals surface area contributed by atoms with E-state index in [1.54, 1.807) is 29.3 Å². The molecule has 0 bridgehead atoms. The van der Waals surface area contributed by atoms with Gasteiger partial charge in [-0.15, -0.1) is 11.8 Å². The quantitative estimate of drug-likeness (QED) is 0.828. The summed E-state index contributed by atoms with van der Waals surface area (Å²) in [6.45, 7) is 7.30. The Labute approximate surface area is 147 Å². The first-order valence-electron chi connectivity index (χ1n) is 8.12. The van der Waals surface area contributed by atoms with Crippen LogP contribution in [0.4, 0.5) is 5.69 Å². The van der Waals surface area contributed by atoms with Crippen molar-refractivity contribution in [1.82, 2.24) is 5.32 Å². The van der Waals surface area contributed by atoms with Crippen molar-refractivity contribution in [2.24, 2.45) is 5.92 Å². The summed E-state index contributed by atoms with van der Waals surface area (Å²) in [4.78, 5) is 24.4. The number of hydrogen-bond acceptors (Lipinski definition) is 4. The summed E-state index contributed by atoms with van der Waals surface area (Å²) in [6.07, 6.45) is 0.935. The maximum Gasteiger partial charge on any atom is 0.291 e. The number of rotatable bonds is 6. The molecule has 0 unspecified atom stereocenters. The van der Waals surface area contributed by atoms with Gasteiger partial charge in [0.25, 0.3) is 11.8 Å². The molecule has 0 saturated carbocycles. The van der Waals surface area contributed by atoms with E-state index < -0.39 is 0 Å². The normalized spacial score (nSPS) is 13.9. The molecule has 0 aliphatic carbocycles. The lowest BCUT2D eigenvalue weighted by Gasteiger charge is -2.15. The number of aryl methyl sites for hydroxylation is 1. The fourth-order valence-electron chi connectivity index (χ4n) is 2.15. The second-order valence-corrected chi connectivity index (χ2v) is 7.10. The van der Waals surface area contributed by atoms with Crippen molar-refractivity contribution in [2.45, 2.75) is 27.2 Å². The second kappa shape index (κ2) is 8.78. The van der Waals surface area contributed by atoms with Crippen LogP contribution in [-0.4, -0.2) is 30.7 Å². The predicted molar refractivity (Wildman–Crippen MR) is 98.1 cm³/mol. The molecular formula is C18H24N2O3S. The topological polar surface area (TPSA) is 67.4 Å². The largest absolute Gasteiger partial charge is 0.487 e. The van der Waals surface area contributed by atoms with Gasteiger partial charge in [0.05, 0.1) is 6.61 Å². The Morgan fingerprint density at radius 1 is 1.29 bits per heavy atom. The molecule has 0 spiro atoms. The first kappa shape index (κ1) is 18.4. The number of nitrogens with one attached hydrogen (secondary N) is 2. The zero-order valence-corrected chi connectivity index (χ0v) is 15.2. The Balaban J connectivity index is 2.03. The van der Waals surface area contributed by atoms with Crippen LogP contribution < -0.4 is 10.6 Å². The maximum absolute atomic E-state index is 12.2. The third kappa shape index (κ3) is 5.30. The van der Waals surface area contributed by atoms with Crippen molar-refractivity contribution in [2.75, 3.05) is 24.2 Å². The molecule has 1 aliphatic rings. The van der Waals surface area contributed by atoms with E-state index in [0.29, 0.717) is 36.1 Å². The zero-order chi connectivity index (χ0) is 17.5. The van der Waals surface area contributed by atoms with Crippen LogP contribution in [0.2, 0.25) is 0 Å². The van der Waals surface area contributed by atoms with Crippen molar-refractivity contribution in [1.29, 1.82) is 0 Å². The molecule has 24 heavy (non-hydrogen) atoms. The van der Waals surface area contributed by atoms with Gasteiger partial charge < -0.3 is 15.4 Å². The van der Waals surface area contributed by atoms with E-state index >= 15 is 0 Å². The van der Waals surface area contributed by atoms with Crippen LogP contribution in [0.5, 0.6) is 0 Å². The Morgan fingerprint density at radius 2 is 2.08 bits per heavy atom. The van der Waals surface area contributed by atoms with Crippen LogP contribution >= 0.6 is 11.8 Å². The minimum absolute atomic E-state index is 0.130. The molecule has 0 radical (unpaired) electrons. The molecule has 0 atom stereocenters. The van der Waals surface area contributed by atoms with E-state index in [1.165, 1.54) is 0 Å². The molecule has 2 rings (SSSR count). The van der Waals surface area contributed by atoms with E-state index in [-0.39, 0.29) is 11.8 Å². The Bertz CT molecular complexity index is 641. The van der Waals surface area contributed by atoms with Gasteiger partial charge in [-0.1, -0.05) is 19.9 Å². The number of benzene rings is 1. The summed E-state index contributed by atoms with van der Waals surface area (Å²) >= 11 is 1.55. The van der Waals surface area contributed by atoms with Crippen molar-refractivity contribution < 1.29 is 14.3 Å². The van der Waals surface area contributed by atoms with Crippen molar-refractivity contribution in [3.05, 3.63) is 40.5 Å². The SMILES string of the molecule is Cc1ccc(C(=O)NCCC(C)C)cc1NC(=O)C1=CSCCO1. The number of hydrogen-bond donors (Lipinski definition) is 2. The number of carbonyl (C=O) groups is 2. The third-order valence-corrected chi connectivity index (χ3v) is 4.41. The minimum atomic E-state index is -0.289. The number of ether oxygens (including phenoxy) is 1. The molecule has 0 aromatic heterocycles. The highest BCUT2D eigenvalue weighted by Crippen LogP contribution is 2.20. The van der Waals surface area contributed by atoms with Gasteiger partial charge in [0.2, 0.25) is 0 Å². The van der Waals surface area contributed by atoms with Crippen LogP contribution in [0.3, 0.4) is 0 Å². The van der Waals surface area contributed by atoms with Gasteiger partial charge in [0.1, 0.15) is 0 Å². The van der Waals surface area contributed by atoms with Crippen molar-refractivity contribution in [3.8, 4) is 0 Å². The number of anilines is 1. The lowest BCUT2D eigenvalue weighted by molar-refractivity contribution is -0.116. The summed E-state index contributed by atoms with van der Waals surface area (Å²) in [5.74, 6) is 1.29. The Hall–Kier alpha value is -1.95. The van der Waals surface area contributed by atoms with Gasteiger partial charge in [0, 0.05) is 29.0 Å². The lowest BCUT2D eigenvalue weighted by Crippen LogP contribution is -2.25. The lowest BCUT2D eigenvalue weighted by atomic mass is 10.1. The summed E-state index contributed by atoms with van der Waals surface area (Å²) in [6, 6.07) is 5.30. The minimum Gasteiger partial charge on any atom is -0.487 e. The Morgan fingerprint density at radius 3 is 2.75 bits per heavy atom. The highest BCUT2D eigenvalue weighted by Gasteiger charge is 2.16. The number of thioether (sulfide) groups is 1. The highest BCUT2D eigenvalue weighted by atomic mass is 32.2. The van der Waals surface area contributed by atoms with Crippen LogP contribution in [0.1, 0.15) is 36.2 Å². The van der Waals surface area contributed by atoms with Gasteiger partial charge in [-0.05, 0) is 37.0 Å². The van der Waals surface area contributed by atoms with E-state index in [9.17, 15) is 9.59 Å². The molecule has 1 aromatic carbocycles. The fraction of sp³-hybridized carbons (Fsp3) is 0.444. The van der Waals surface area contributed by atoms with Gasteiger partial charge in [-0.2, -0.15) is 0 Å². The molecule has 2 N–H and O–H groups in total. The first-order chi connectivity index (χ1) is 11.5. The number of amides is 2.